The fraction of sp³-hybridized carbons (Fsp3) is 0.286. The number of imide groups is 2. The van der Waals surface area contributed by atoms with Gasteiger partial charge in [-0.25, -0.2) is 9.69 Å². The third kappa shape index (κ3) is 2.20. The van der Waals surface area contributed by atoms with Crippen LogP contribution in [0.5, 0.6) is 0 Å². The Morgan fingerprint density at radius 3 is 2.35 bits per heavy atom. The van der Waals surface area contributed by atoms with Gasteiger partial charge >= 0.3 is 6.03 Å². The van der Waals surface area contributed by atoms with Gasteiger partial charge < -0.3 is 0 Å². The summed E-state index contributed by atoms with van der Waals surface area (Å²) in [6.45, 7) is 4.90. The second kappa shape index (κ2) is 4.88. The van der Waals surface area contributed by atoms with Crippen LogP contribution in [0.1, 0.15) is 18.1 Å². The van der Waals surface area contributed by atoms with Crippen molar-refractivity contribution < 1.29 is 19.2 Å². The van der Waals surface area contributed by atoms with Crippen molar-refractivity contribution in [3.05, 3.63) is 29.3 Å². The lowest BCUT2D eigenvalue weighted by Gasteiger charge is -2.29. The zero-order chi connectivity index (χ0) is 15.0. The number of aryl methyl sites for hydroxylation is 2. The third-order valence-electron chi connectivity index (χ3n) is 3.32. The van der Waals surface area contributed by atoms with Gasteiger partial charge in [-0.2, -0.15) is 0 Å². The van der Waals surface area contributed by atoms with E-state index < -0.39 is 29.5 Å². The zero-order valence-corrected chi connectivity index (χ0v) is 11.4. The molecule has 1 heterocycles. The van der Waals surface area contributed by atoms with Crippen LogP contribution < -0.4 is 10.2 Å². The summed E-state index contributed by atoms with van der Waals surface area (Å²) in [6.07, 6.45) is 0. The number of amides is 4. The van der Waals surface area contributed by atoms with Crippen LogP contribution in [0.15, 0.2) is 18.2 Å². The molecule has 2 rings (SSSR count). The van der Waals surface area contributed by atoms with E-state index in [-0.39, 0.29) is 0 Å². The number of urea groups is 1. The van der Waals surface area contributed by atoms with Gasteiger partial charge in [0.05, 0.1) is 5.69 Å². The molecular formula is C14H14N2O4. The molecule has 1 aliphatic heterocycles. The fourth-order valence-electron chi connectivity index (χ4n) is 2.04. The molecule has 1 aromatic rings. The molecule has 0 bridgehead atoms. The van der Waals surface area contributed by atoms with Crippen molar-refractivity contribution in [2.45, 2.75) is 20.8 Å². The van der Waals surface area contributed by atoms with E-state index in [1.807, 2.05) is 19.2 Å². The van der Waals surface area contributed by atoms with E-state index in [9.17, 15) is 19.2 Å². The molecule has 20 heavy (non-hydrogen) atoms. The summed E-state index contributed by atoms with van der Waals surface area (Å²) in [5, 5.41) is 2.03. The summed E-state index contributed by atoms with van der Waals surface area (Å²) >= 11 is 0. The number of ketones is 1. The maximum Gasteiger partial charge on any atom is 0.335 e. The Labute approximate surface area is 115 Å². The smallest absolute Gasteiger partial charge is 0.299 e. The summed E-state index contributed by atoms with van der Waals surface area (Å²) in [7, 11) is 0. The van der Waals surface area contributed by atoms with Gasteiger partial charge in [-0.1, -0.05) is 6.07 Å². The molecule has 0 spiro atoms. The minimum Gasteiger partial charge on any atom is -0.299 e. The van der Waals surface area contributed by atoms with Gasteiger partial charge in [0, 0.05) is 0 Å². The number of nitrogens with zero attached hydrogens (tertiary/aromatic N) is 1. The first-order chi connectivity index (χ1) is 9.32. The molecule has 1 atom stereocenters. The maximum absolute atomic E-state index is 12.2. The molecule has 4 amide bonds. The molecule has 0 aliphatic carbocycles. The Bertz CT molecular complexity index is 636. The number of hydrogen-bond acceptors (Lipinski definition) is 4. The van der Waals surface area contributed by atoms with Crippen LogP contribution in [-0.4, -0.2) is 23.6 Å². The molecule has 1 aliphatic rings. The summed E-state index contributed by atoms with van der Waals surface area (Å²) in [5.74, 6) is -3.73. The van der Waals surface area contributed by atoms with Gasteiger partial charge in [0.25, 0.3) is 5.91 Å². The van der Waals surface area contributed by atoms with Crippen molar-refractivity contribution >= 4 is 29.3 Å². The Morgan fingerprint density at radius 1 is 1.15 bits per heavy atom. The summed E-state index contributed by atoms with van der Waals surface area (Å²) in [6, 6.07) is 4.21. The number of barbiturate groups is 1. The normalized spacial score (nSPS) is 19.1. The van der Waals surface area contributed by atoms with E-state index in [0.29, 0.717) is 5.69 Å². The number of hydrogen-bond donors (Lipinski definition) is 1. The average Bonchev–Trinajstić information content (AvgIpc) is 2.32. The van der Waals surface area contributed by atoms with Crippen LogP contribution in [0.4, 0.5) is 10.5 Å². The highest BCUT2D eigenvalue weighted by atomic mass is 16.2. The molecule has 0 unspecified atom stereocenters. The summed E-state index contributed by atoms with van der Waals surface area (Å²) in [4.78, 5) is 47.8. The highest BCUT2D eigenvalue weighted by Crippen LogP contribution is 2.23. The first kappa shape index (κ1) is 13.9. The van der Waals surface area contributed by atoms with Crippen LogP contribution >= 0.6 is 0 Å². The predicted octanol–water partition coefficient (Wildman–Crippen LogP) is 1.09. The fourth-order valence-corrected chi connectivity index (χ4v) is 2.04. The number of Topliss-reactive ketones (excluding diaryl/α,β-unsaturated/α-hetero) is 1. The molecule has 0 saturated carbocycles. The monoisotopic (exact) mass is 274 g/mol. The maximum atomic E-state index is 12.2. The van der Waals surface area contributed by atoms with E-state index in [2.05, 4.69) is 0 Å². The van der Waals surface area contributed by atoms with E-state index in [0.717, 1.165) is 23.0 Å². The van der Waals surface area contributed by atoms with Gasteiger partial charge in [0.1, 0.15) is 0 Å². The standard InChI is InChI=1S/C14H14N2O4/c1-7-4-5-10(6-8(7)2)16-13(19)11(9(3)17)12(18)15-14(16)20/h4-6,11H,1-3H3,(H,15,18,20)/t11-/m0/s1. The van der Waals surface area contributed by atoms with E-state index in [4.69, 9.17) is 0 Å². The van der Waals surface area contributed by atoms with E-state index >= 15 is 0 Å². The van der Waals surface area contributed by atoms with Crippen molar-refractivity contribution in [2.75, 3.05) is 4.90 Å². The van der Waals surface area contributed by atoms with Crippen molar-refractivity contribution in [1.29, 1.82) is 0 Å². The molecule has 6 nitrogen and oxygen atoms in total. The van der Waals surface area contributed by atoms with Crippen molar-refractivity contribution in [3.8, 4) is 0 Å². The molecule has 1 aromatic carbocycles. The third-order valence-corrected chi connectivity index (χ3v) is 3.32. The Hall–Kier alpha value is -2.50. The second-order valence-electron chi connectivity index (χ2n) is 4.78. The van der Waals surface area contributed by atoms with Crippen LogP contribution in [-0.2, 0) is 14.4 Å². The zero-order valence-electron chi connectivity index (χ0n) is 11.4. The molecule has 1 saturated heterocycles. The quantitative estimate of drug-likeness (QED) is 0.818. The number of carbonyl (C=O) groups is 4. The van der Waals surface area contributed by atoms with Crippen molar-refractivity contribution in [2.24, 2.45) is 5.92 Å². The van der Waals surface area contributed by atoms with Gasteiger partial charge in [-0.3, -0.25) is 19.7 Å². The van der Waals surface area contributed by atoms with E-state index in [1.165, 1.54) is 0 Å². The number of rotatable bonds is 2. The van der Waals surface area contributed by atoms with E-state index in [1.54, 1.807) is 18.2 Å². The minimum absolute atomic E-state index is 0.342. The number of benzene rings is 1. The largest absolute Gasteiger partial charge is 0.335 e. The average molecular weight is 274 g/mol. The Kier molecular flexibility index (Phi) is 3.40. The van der Waals surface area contributed by atoms with Crippen LogP contribution in [0.25, 0.3) is 0 Å². The van der Waals surface area contributed by atoms with Crippen LogP contribution in [0.2, 0.25) is 0 Å². The SMILES string of the molecule is CC(=O)[C@H]1C(=O)NC(=O)N(c2ccc(C)c(C)c2)C1=O. The predicted molar refractivity (Wildman–Crippen MR) is 71.1 cm³/mol. The van der Waals surface area contributed by atoms with Gasteiger partial charge in [-0.05, 0) is 44.0 Å². The molecule has 0 radical (unpaired) electrons. The van der Waals surface area contributed by atoms with Crippen LogP contribution in [0.3, 0.4) is 0 Å². The molecule has 6 heteroatoms. The van der Waals surface area contributed by atoms with Crippen molar-refractivity contribution in [3.63, 3.8) is 0 Å². The summed E-state index contributed by atoms with van der Waals surface area (Å²) < 4.78 is 0. The first-order valence-corrected chi connectivity index (χ1v) is 6.09. The molecular weight excluding hydrogens is 260 g/mol. The lowest BCUT2D eigenvalue weighted by Crippen LogP contribution is -2.60. The number of nitrogens with one attached hydrogen (secondary N) is 1. The second-order valence-corrected chi connectivity index (χ2v) is 4.78. The van der Waals surface area contributed by atoms with Crippen molar-refractivity contribution in [1.82, 2.24) is 5.32 Å². The topological polar surface area (TPSA) is 83.6 Å². The number of anilines is 1. The highest BCUT2D eigenvalue weighted by molar-refractivity contribution is 6.34. The lowest BCUT2D eigenvalue weighted by atomic mass is 9.99. The summed E-state index contributed by atoms with van der Waals surface area (Å²) in [5.41, 5.74) is 2.26. The number of carbonyl (C=O) groups excluding carboxylic acids is 4. The lowest BCUT2D eigenvalue weighted by molar-refractivity contribution is -0.140. The molecule has 104 valence electrons. The van der Waals surface area contributed by atoms with Gasteiger partial charge in [0.15, 0.2) is 11.7 Å². The minimum atomic E-state index is -1.46. The first-order valence-electron chi connectivity index (χ1n) is 6.09. The van der Waals surface area contributed by atoms with Gasteiger partial charge in [-0.15, -0.1) is 0 Å². The Morgan fingerprint density at radius 2 is 1.80 bits per heavy atom. The van der Waals surface area contributed by atoms with Crippen LogP contribution in [0, 0.1) is 19.8 Å². The molecule has 1 N–H and O–H groups in total. The van der Waals surface area contributed by atoms with Gasteiger partial charge in [0.2, 0.25) is 5.91 Å². The molecule has 1 fully saturated rings. The Balaban J connectivity index is 2.46. The highest BCUT2D eigenvalue weighted by Gasteiger charge is 2.43. The molecule has 0 aromatic heterocycles.